The zero-order valence-corrected chi connectivity index (χ0v) is 15.7. The maximum atomic E-state index is 12.1. The second-order valence-electron chi connectivity index (χ2n) is 5.39. The summed E-state index contributed by atoms with van der Waals surface area (Å²) in [5.41, 5.74) is 1.28. The number of rotatable bonds is 5. The predicted octanol–water partition coefficient (Wildman–Crippen LogP) is 3.51. The Labute approximate surface area is 163 Å². The Hall–Kier alpha value is -2.34. The van der Waals surface area contributed by atoms with Crippen molar-refractivity contribution in [3.05, 3.63) is 57.0 Å². The first kappa shape index (κ1) is 18.5. The van der Waals surface area contributed by atoms with Gasteiger partial charge in [-0.2, -0.15) is 5.26 Å². The molecule has 1 atom stereocenters. The number of thiazole rings is 1. The SMILES string of the molecule is N#CC1=C(SCC(=O)Nc2nccs2)NC(=O)CC1c1ccc(Cl)cc1. The number of nitrogens with one attached hydrogen (secondary N) is 2. The third-order valence-corrected chi connectivity index (χ3v) is 5.61. The Morgan fingerprint density at radius 2 is 2.23 bits per heavy atom. The van der Waals surface area contributed by atoms with Crippen LogP contribution in [-0.2, 0) is 9.59 Å². The molecular formula is C17H13ClN4O2S2. The minimum atomic E-state index is -0.351. The predicted molar refractivity (Wildman–Crippen MR) is 103 cm³/mol. The summed E-state index contributed by atoms with van der Waals surface area (Å²) in [6, 6.07) is 9.25. The molecule has 132 valence electrons. The number of hydrogen-bond acceptors (Lipinski definition) is 6. The number of carbonyl (C=O) groups is 2. The zero-order valence-electron chi connectivity index (χ0n) is 13.4. The molecule has 1 aliphatic rings. The lowest BCUT2D eigenvalue weighted by atomic mass is 9.87. The van der Waals surface area contributed by atoms with Gasteiger partial charge in [-0.05, 0) is 17.7 Å². The molecule has 0 fully saturated rings. The minimum Gasteiger partial charge on any atom is -0.320 e. The van der Waals surface area contributed by atoms with Gasteiger partial charge in [0, 0.05) is 28.9 Å². The topological polar surface area (TPSA) is 94.9 Å². The Bertz CT molecular complexity index is 888. The summed E-state index contributed by atoms with van der Waals surface area (Å²) in [4.78, 5) is 28.1. The number of nitriles is 1. The summed E-state index contributed by atoms with van der Waals surface area (Å²) in [5.74, 6) is -0.729. The molecule has 0 saturated carbocycles. The lowest BCUT2D eigenvalue weighted by Crippen LogP contribution is -2.31. The van der Waals surface area contributed by atoms with Crippen molar-refractivity contribution in [3.8, 4) is 6.07 Å². The molecule has 3 rings (SSSR count). The third-order valence-electron chi connectivity index (χ3n) is 3.65. The van der Waals surface area contributed by atoms with E-state index in [-0.39, 0.29) is 29.9 Å². The second-order valence-corrected chi connectivity index (χ2v) is 7.70. The molecule has 2 N–H and O–H groups in total. The van der Waals surface area contributed by atoms with Crippen LogP contribution in [-0.4, -0.2) is 22.6 Å². The molecule has 0 aliphatic carbocycles. The maximum Gasteiger partial charge on any atom is 0.236 e. The molecule has 0 saturated heterocycles. The van der Waals surface area contributed by atoms with Crippen LogP contribution in [0.1, 0.15) is 17.9 Å². The van der Waals surface area contributed by atoms with Crippen molar-refractivity contribution in [2.75, 3.05) is 11.1 Å². The highest BCUT2D eigenvalue weighted by Gasteiger charge is 2.29. The number of carbonyl (C=O) groups excluding carboxylic acids is 2. The van der Waals surface area contributed by atoms with E-state index in [4.69, 9.17) is 11.6 Å². The lowest BCUT2D eigenvalue weighted by Gasteiger charge is -2.25. The van der Waals surface area contributed by atoms with Gasteiger partial charge in [-0.3, -0.25) is 9.59 Å². The highest BCUT2D eigenvalue weighted by atomic mass is 35.5. The van der Waals surface area contributed by atoms with E-state index < -0.39 is 0 Å². The molecule has 2 aromatic rings. The summed E-state index contributed by atoms with van der Waals surface area (Å²) < 4.78 is 0. The normalized spacial score (nSPS) is 16.8. The van der Waals surface area contributed by atoms with Gasteiger partial charge >= 0.3 is 0 Å². The van der Waals surface area contributed by atoms with Crippen molar-refractivity contribution >= 4 is 51.6 Å². The van der Waals surface area contributed by atoms with Gasteiger partial charge < -0.3 is 10.6 Å². The van der Waals surface area contributed by atoms with E-state index in [1.54, 1.807) is 35.8 Å². The van der Waals surface area contributed by atoms with E-state index in [0.29, 0.717) is 20.8 Å². The molecular weight excluding hydrogens is 392 g/mol. The first-order valence-electron chi connectivity index (χ1n) is 7.58. The molecule has 26 heavy (non-hydrogen) atoms. The Kier molecular flexibility index (Phi) is 5.93. The summed E-state index contributed by atoms with van der Waals surface area (Å²) in [5, 5.41) is 18.2. The van der Waals surface area contributed by atoms with Gasteiger partial charge in [0.1, 0.15) is 0 Å². The van der Waals surface area contributed by atoms with Gasteiger partial charge in [0.25, 0.3) is 0 Å². The van der Waals surface area contributed by atoms with Crippen LogP contribution in [0.2, 0.25) is 5.02 Å². The quantitative estimate of drug-likeness (QED) is 0.795. The fourth-order valence-electron chi connectivity index (χ4n) is 2.49. The van der Waals surface area contributed by atoms with E-state index in [0.717, 1.165) is 17.3 Å². The van der Waals surface area contributed by atoms with Crippen molar-refractivity contribution in [2.45, 2.75) is 12.3 Å². The molecule has 0 spiro atoms. The number of allylic oxidation sites excluding steroid dienone is 1. The van der Waals surface area contributed by atoms with Gasteiger partial charge in [0.15, 0.2) is 5.13 Å². The number of anilines is 1. The fourth-order valence-corrected chi connectivity index (χ4v) is 4.04. The number of halogens is 1. The number of aromatic nitrogens is 1. The first-order chi connectivity index (χ1) is 12.6. The standard InChI is InChI=1S/C17H13ClN4O2S2/c18-11-3-1-10(2-4-11)12-7-14(23)21-16(13(12)8-19)26-9-15(24)22-17-20-5-6-25-17/h1-6,12H,7,9H2,(H,21,23)(H,20,22,24). The molecule has 0 radical (unpaired) electrons. The number of thioether (sulfide) groups is 1. The fraction of sp³-hybridized carbons (Fsp3) is 0.176. The Morgan fingerprint density at radius 1 is 1.46 bits per heavy atom. The van der Waals surface area contributed by atoms with Crippen LogP contribution in [0.4, 0.5) is 5.13 Å². The van der Waals surface area contributed by atoms with Gasteiger partial charge in [-0.25, -0.2) is 4.98 Å². The Balaban J connectivity index is 1.76. The third kappa shape index (κ3) is 4.43. The largest absolute Gasteiger partial charge is 0.320 e. The highest BCUT2D eigenvalue weighted by Crippen LogP contribution is 2.36. The van der Waals surface area contributed by atoms with E-state index in [9.17, 15) is 14.9 Å². The van der Waals surface area contributed by atoms with Crippen LogP contribution < -0.4 is 10.6 Å². The first-order valence-corrected chi connectivity index (χ1v) is 9.83. The molecule has 6 nitrogen and oxygen atoms in total. The molecule has 1 unspecified atom stereocenters. The number of nitrogens with zero attached hydrogens (tertiary/aromatic N) is 2. The van der Waals surface area contributed by atoms with Crippen molar-refractivity contribution in [3.63, 3.8) is 0 Å². The summed E-state index contributed by atoms with van der Waals surface area (Å²) in [7, 11) is 0. The van der Waals surface area contributed by atoms with Crippen LogP contribution in [0, 0.1) is 11.3 Å². The second kappa shape index (κ2) is 8.36. The van der Waals surface area contributed by atoms with Crippen molar-refractivity contribution in [1.29, 1.82) is 5.26 Å². The molecule has 1 aliphatic heterocycles. The molecule has 2 heterocycles. The molecule has 1 aromatic carbocycles. The van der Waals surface area contributed by atoms with Gasteiger partial charge in [0.2, 0.25) is 11.8 Å². The highest BCUT2D eigenvalue weighted by molar-refractivity contribution is 8.03. The van der Waals surface area contributed by atoms with E-state index in [1.165, 1.54) is 11.3 Å². The molecule has 9 heteroatoms. The lowest BCUT2D eigenvalue weighted by molar-refractivity contribution is -0.121. The minimum absolute atomic E-state index is 0.0632. The van der Waals surface area contributed by atoms with Crippen LogP contribution in [0.15, 0.2) is 46.4 Å². The van der Waals surface area contributed by atoms with Crippen LogP contribution in [0.5, 0.6) is 0 Å². The average Bonchev–Trinajstić information content (AvgIpc) is 3.13. The smallest absolute Gasteiger partial charge is 0.236 e. The van der Waals surface area contributed by atoms with E-state index >= 15 is 0 Å². The van der Waals surface area contributed by atoms with Crippen molar-refractivity contribution in [1.82, 2.24) is 10.3 Å². The summed E-state index contributed by atoms with van der Waals surface area (Å²) >= 11 is 8.36. The maximum absolute atomic E-state index is 12.1. The summed E-state index contributed by atoms with van der Waals surface area (Å²) in [6.45, 7) is 0. The van der Waals surface area contributed by atoms with Crippen molar-refractivity contribution in [2.24, 2.45) is 0 Å². The van der Waals surface area contributed by atoms with Crippen molar-refractivity contribution < 1.29 is 9.59 Å². The van der Waals surface area contributed by atoms with Gasteiger partial charge in [-0.15, -0.1) is 11.3 Å². The number of hydrogen-bond donors (Lipinski definition) is 2. The molecule has 2 amide bonds. The van der Waals surface area contributed by atoms with Crippen LogP contribution in [0.25, 0.3) is 0 Å². The van der Waals surface area contributed by atoms with Crippen LogP contribution in [0.3, 0.4) is 0 Å². The van der Waals surface area contributed by atoms with Gasteiger partial charge in [-0.1, -0.05) is 35.5 Å². The average molecular weight is 405 g/mol. The van der Waals surface area contributed by atoms with E-state index in [1.807, 2.05) is 0 Å². The monoisotopic (exact) mass is 404 g/mol. The molecule has 0 bridgehead atoms. The number of amides is 2. The van der Waals surface area contributed by atoms with Gasteiger partial charge in [0.05, 0.1) is 22.4 Å². The number of benzene rings is 1. The van der Waals surface area contributed by atoms with Crippen LogP contribution >= 0.6 is 34.7 Å². The van der Waals surface area contributed by atoms with E-state index in [2.05, 4.69) is 21.7 Å². The molecule has 1 aromatic heterocycles. The zero-order chi connectivity index (χ0) is 18.5. The summed E-state index contributed by atoms with van der Waals surface area (Å²) in [6.07, 6.45) is 1.78. The Morgan fingerprint density at radius 3 is 2.88 bits per heavy atom.